The zero-order valence-corrected chi connectivity index (χ0v) is 8.44. The van der Waals surface area contributed by atoms with E-state index in [-0.39, 0.29) is 0 Å². The van der Waals surface area contributed by atoms with E-state index in [2.05, 4.69) is 4.90 Å². The maximum Gasteiger partial charge on any atom is 0.332 e. The molecule has 5 nitrogen and oxygen atoms in total. The molecular weight excluding hydrogens is 186 g/mol. The molecule has 0 aromatic rings. The van der Waals surface area contributed by atoms with Crippen LogP contribution in [0.4, 0.5) is 0 Å². The molecule has 0 unspecified atom stereocenters. The predicted octanol–water partition coefficient (Wildman–Crippen LogP) is -0.192. The molecule has 0 aliphatic carbocycles. The van der Waals surface area contributed by atoms with Gasteiger partial charge in [0, 0.05) is 19.6 Å². The fourth-order valence-corrected chi connectivity index (χ4v) is 1.25. The van der Waals surface area contributed by atoms with E-state index in [9.17, 15) is 4.79 Å². The maximum atomic E-state index is 10.4. The lowest BCUT2D eigenvalue weighted by atomic mass is 10.4. The summed E-state index contributed by atoms with van der Waals surface area (Å²) in [6.45, 7) is 6.12. The summed E-state index contributed by atoms with van der Waals surface area (Å²) in [4.78, 5) is 12.6. The number of aliphatic carboxylic acids is 1. The van der Waals surface area contributed by atoms with E-state index in [4.69, 9.17) is 14.6 Å². The van der Waals surface area contributed by atoms with Crippen molar-refractivity contribution in [2.24, 2.45) is 0 Å². The van der Waals surface area contributed by atoms with Crippen LogP contribution in [-0.4, -0.2) is 61.5 Å². The first-order valence-electron chi connectivity index (χ1n) is 4.84. The number of morpholine rings is 1. The fraction of sp³-hybridized carbons (Fsp3) is 0.889. The van der Waals surface area contributed by atoms with Crippen molar-refractivity contribution in [3.63, 3.8) is 0 Å². The van der Waals surface area contributed by atoms with Crippen molar-refractivity contribution in [3.8, 4) is 0 Å². The Labute approximate surface area is 83.6 Å². The number of hydrogen-bond donors (Lipinski definition) is 1. The van der Waals surface area contributed by atoms with E-state index in [0.29, 0.717) is 6.61 Å². The Balaban J connectivity index is 2.05. The Morgan fingerprint density at radius 3 is 2.79 bits per heavy atom. The van der Waals surface area contributed by atoms with Crippen LogP contribution in [0.25, 0.3) is 0 Å². The maximum absolute atomic E-state index is 10.4. The smallest absolute Gasteiger partial charge is 0.332 e. The number of rotatable bonds is 5. The predicted molar refractivity (Wildman–Crippen MR) is 50.3 cm³/mol. The van der Waals surface area contributed by atoms with E-state index >= 15 is 0 Å². The van der Waals surface area contributed by atoms with Crippen molar-refractivity contribution in [2.75, 3.05) is 39.5 Å². The molecule has 1 aliphatic heterocycles. The normalized spacial score (nSPS) is 20.6. The number of ether oxygens (including phenoxy) is 2. The molecule has 5 heteroatoms. The molecule has 0 aromatic carbocycles. The molecule has 0 aromatic heterocycles. The second-order valence-corrected chi connectivity index (χ2v) is 3.31. The van der Waals surface area contributed by atoms with Gasteiger partial charge in [0.05, 0.1) is 19.8 Å². The first kappa shape index (κ1) is 11.4. The molecule has 1 fully saturated rings. The van der Waals surface area contributed by atoms with Crippen LogP contribution in [0.2, 0.25) is 0 Å². The van der Waals surface area contributed by atoms with E-state index in [1.165, 1.54) is 0 Å². The molecule has 1 saturated heterocycles. The van der Waals surface area contributed by atoms with Gasteiger partial charge in [0.1, 0.15) is 0 Å². The van der Waals surface area contributed by atoms with Crippen molar-refractivity contribution in [1.29, 1.82) is 0 Å². The van der Waals surface area contributed by atoms with Crippen molar-refractivity contribution >= 4 is 5.97 Å². The van der Waals surface area contributed by atoms with E-state index < -0.39 is 12.1 Å². The minimum Gasteiger partial charge on any atom is -0.479 e. The molecule has 82 valence electrons. The highest BCUT2D eigenvalue weighted by molar-refractivity contribution is 5.71. The third kappa shape index (κ3) is 4.04. The summed E-state index contributed by atoms with van der Waals surface area (Å²) >= 11 is 0. The molecule has 14 heavy (non-hydrogen) atoms. The van der Waals surface area contributed by atoms with Crippen molar-refractivity contribution in [2.45, 2.75) is 13.0 Å². The van der Waals surface area contributed by atoms with Gasteiger partial charge in [0.25, 0.3) is 0 Å². The van der Waals surface area contributed by atoms with Gasteiger partial charge in [-0.25, -0.2) is 4.79 Å². The first-order valence-corrected chi connectivity index (χ1v) is 4.84. The fourth-order valence-electron chi connectivity index (χ4n) is 1.25. The molecule has 1 rings (SSSR count). The van der Waals surface area contributed by atoms with Gasteiger partial charge in [-0.1, -0.05) is 0 Å². The molecule has 1 atom stereocenters. The number of carboxylic acid groups (broad SMARTS) is 1. The largest absolute Gasteiger partial charge is 0.479 e. The van der Waals surface area contributed by atoms with Crippen molar-refractivity contribution in [3.05, 3.63) is 0 Å². The molecule has 1 heterocycles. The van der Waals surface area contributed by atoms with Gasteiger partial charge in [0.2, 0.25) is 0 Å². The van der Waals surface area contributed by atoms with Gasteiger partial charge in [-0.15, -0.1) is 0 Å². The van der Waals surface area contributed by atoms with Crippen LogP contribution in [0.15, 0.2) is 0 Å². The minimum absolute atomic E-state index is 0.466. The summed E-state index contributed by atoms with van der Waals surface area (Å²) in [5.41, 5.74) is 0. The summed E-state index contributed by atoms with van der Waals surface area (Å²) in [5, 5.41) is 8.56. The van der Waals surface area contributed by atoms with Crippen molar-refractivity contribution in [1.82, 2.24) is 4.90 Å². The lowest BCUT2D eigenvalue weighted by Crippen LogP contribution is -2.39. The van der Waals surface area contributed by atoms with E-state index in [1.807, 2.05) is 0 Å². The molecule has 0 amide bonds. The van der Waals surface area contributed by atoms with Crippen LogP contribution >= 0.6 is 0 Å². The van der Waals surface area contributed by atoms with E-state index in [0.717, 1.165) is 32.8 Å². The monoisotopic (exact) mass is 203 g/mol. The summed E-state index contributed by atoms with van der Waals surface area (Å²) in [6, 6.07) is 0. The van der Waals surface area contributed by atoms with Gasteiger partial charge < -0.3 is 14.6 Å². The van der Waals surface area contributed by atoms with Crippen LogP contribution in [0, 0.1) is 0 Å². The zero-order valence-electron chi connectivity index (χ0n) is 8.44. The lowest BCUT2D eigenvalue weighted by molar-refractivity contribution is -0.149. The number of carbonyl (C=O) groups is 1. The number of carboxylic acids is 1. The zero-order chi connectivity index (χ0) is 10.4. The van der Waals surface area contributed by atoms with Crippen LogP contribution in [0.3, 0.4) is 0 Å². The minimum atomic E-state index is -0.910. The summed E-state index contributed by atoms with van der Waals surface area (Å²) in [6.07, 6.45) is -0.712. The highest BCUT2D eigenvalue weighted by Gasteiger charge is 2.13. The van der Waals surface area contributed by atoms with Gasteiger partial charge in [-0.05, 0) is 6.92 Å². The summed E-state index contributed by atoms with van der Waals surface area (Å²) < 4.78 is 10.3. The van der Waals surface area contributed by atoms with Crippen LogP contribution < -0.4 is 0 Å². The Kier molecular flexibility index (Phi) is 4.86. The molecular formula is C9H17NO4. The number of nitrogens with zero attached hydrogens (tertiary/aromatic N) is 1. The second kappa shape index (κ2) is 5.95. The summed E-state index contributed by atoms with van der Waals surface area (Å²) in [5.74, 6) is -0.910. The highest BCUT2D eigenvalue weighted by Crippen LogP contribution is 1.97. The highest BCUT2D eigenvalue weighted by atomic mass is 16.5. The molecule has 1 aliphatic rings. The first-order chi connectivity index (χ1) is 6.70. The standard InChI is InChI=1S/C9H17NO4/c1-8(9(11)12)14-7-4-10-2-5-13-6-3-10/h8H,2-7H2,1H3,(H,11,12)/t8-/m1/s1. The van der Waals surface area contributed by atoms with Crippen LogP contribution in [-0.2, 0) is 14.3 Å². The Morgan fingerprint density at radius 2 is 2.21 bits per heavy atom. The van der Waals surface area contributed by atoms with Crippen molar-refractivity contribution < 1.29 is 19.4 Å². The average molecular weight is 203 g/mol. The van der Waals surface area contributed by atoms with E-state index in [1.54, 1.807) is 6.92 Å². The lowest BCUT2D eigenvalue weighted by Gasteiger charge is -2.26. The third-order valence-corrected chi connectivity index (χ3v) is 2.23. The molecule has 0 bridgehead atoms. The Hall–Kier alpha value is -0.650. The van der Waals surface area contributed by atoms with Gasteiger partial charge in [-0.2, -0.15) is 0 Å². The van der Waals surface area contributed by atoms with Gasteiger partial charge >= 0.3 is 5.97 Å². The molecule has 1 N–H and O–H groups in total. The average Bonchev–Trinajstić information content (AvgIpc) is 2.19. The topological polar surface area (TPSA) is 59.0 Å². The van der Waals surface area contributed by atoms with Gasteiger partial charge in [0.15, 0.2) is 6.10 Å². The molecule has 0 spiro atoms. The Morgan fingerprint density at radius 1 is 1.57 bits per heavy atom. The Bertz CT molecular complexity index is 180. The quantitative estimate of drug-likeness (QED) is 0.671. The van der Waals surface area contributed by atoms with Crippen LogP contribution in [0.1, 0.15) is 6.92 Å². The van der Waals surface area contributed by atoms with Gasteiger partial charge in [-0.3, -0.25) is 4.90 Å². The SMILES string of the molecule is C[C@@H](OCCN1CCOCC1)C(=O)O. The summed E-state index contributed by atoms with van der Waals surface area (Å²) in [7, 11) is 0. The third-order valence-electron chi connectivity index (χ3n) is 2.23. The number of hydrogen-bond acceptors (Lipinski definition) is 4. The molecule has 0 radical (unpaired) electrons. The second-order valence-electron chi connectivity index (χ2n) is 3.31. The van der Waals surface area contributed by atoms with Crippen LogP contribution in [0.5, 0.6) is 0 Å². The molecule has 0 saturated carbocycles.